The molecule has 0 aliphatic rings. The number of carbonyl (C=O) groups is 3. The van der Waals surface area contributed by atoms with Gasteiger partial charge in [0.15, 0.2) is 11.8 Å². The lowest BCUT2D eigenvalue weighted by atomic mass is 10.0. The zero-order chi connectivity index (χ0) is 18.1. The molecule has 2 aromatic rings. The molecular weight excluding hydrogens is 338 g/mol. The highest BCUT2D eigenvalue weighted by Gasteiger charge is 2.26. The molecule has 25 heavy (non-hydrogen) atoms. The molecule has 0 fully saturated rings. The molecule has 0 aliphatic carbocycles. The highest BCUT2D eigenvalue weighted by Crippen LogP contribution is 2.12. The van der Waals surface area contributed by atoms with Crippen LogP contribution in [-0.2, 0) is 16.0 Å². The van der Waals surface area contributed by atoms with Gasteiger partial charge in [-0.25, -0.2) is 4.72 Å². The largest absolute Gasteiger partial charge is 0.480 e. The number of carboxylic acids is 1. The van der Waals surface area contributed by atoms with Gasteiger partial charge in [-0.05, 0) is 18.4 Å². The Kier molecular flexibility index (Phi) is 7.37. The smallest absolute Gasteiger partial charge is 0.329 e. The van der Waals surface area contributed by atoms with Crippen LogP contribution in [0.15, 0.2) is 60.7 Å². The van der Waals surface area contributed by atoms with Crippen molar-refractivity contribution >= 4 is 28.8 Å². The lowest BCUT2D eigenvalue weighted by Crippen LogP contribution is -2.40. The Balaban J connectivity index is 1.83. The zero-order valence-electron chi connectivity index (χ0n) is 13.6. The van der Waals surface area contributed by atoms with Crippen LogP contribution in [0.3, 0.4) is 0 Å². The van der Waals surface area contributed by atoms with Crippen LogP contribution in [0, 0.1) is 0 Å². The maximum atomic E-state index is 12.2. The number of nitrogens with one attached hydrogen (secondary N) is 1. The van der Waals surface area contributed by atoms with E-state index < -0.39 is 17.8 Å². The van der Waals surface area contributed by atoms with Gasteiger partial charge in [-0.2, -0.15) is 0 Å². The number of rotatable bonds is 9. The van der Waals surface area contributed by atoms with E-state index in [1.165, 1.54) is 0 Å². The first kappa shape index (κ1) is 18.9. The fourth-order valence-electron chi connectivity index (χ4n) is 2.26. The summed E-state index contributed by atoms with van der Waals surface area (Å²) < 4.78 is 2.48. The van der Waals surface area contributed by atoms with Crippen molar-refractivity contribution in [2.75, 3.05) is 0 Å². The lowest BCUT2D eigenvalue weighted by molar-refractivity contribution is -0.142. The van der Waals surface area contributed by atoms with Crippen LogP contribution in [0.4, 0.5) is 0 Å². The summed E-state index contributed by atoms with van der Waals surface area (Å²) in [6, 6.07) is 16.8. The van der Waals surface area contributed by atoms with Crippen molar-refractivity contribution < 1.29 is 19.5 Å². The first-order chi connectivity index (χ1) is 12.1. The molecule has 0 spiro atoms. The van der Waals surface area contributed by atoms with Crippen molar-refractivity contribution in [3.63, 3.8) is 0 Å². The van der Waals surface area contributed by atoms with Crippen molar-refractivity contribution in [2.45, 2.75) is 25.3 Å². The van der Waals surface area contributed by atoms with Gasteiger partial charge >= 0.3 is 5.97 Å². The molecule has 1 atom stereocenters. The number of aryl methyl sites for hydroxylation is 1. The van der Waals surface area contributed by atoms with Crippen LogP contribution >= 0.6 is 11.9 Å². The molecule has 6 heteroatoms. The second-order valence-corrected chi connectivity index (χ2v) is 6.26. The Bertz CT molecular complexity index is 719. The molecule has 0 saturated carbocycles. The van der Waals surface area contributed by atoms with E-state index >= 15 is 0 Å². The maximum Gasteiger partial charge on any atom is 0.329 e. The third-order valence-electron chi connectivity index (χ3n) is 3.58. The fourth-order valence-corrected chi connectivity index (χ4v) is 2.97. The molecule has 0 aromatic heterocycles. The van der Waals surface area contributed by atoms with Crippen LogP contribution in [0.25, 0.3) is 0 Å². The molecular formula is C19H19NO4S. The average molecular weight is 357 g/mol. The molecule has 0 aliphatic heterocycles. The average Bonchev–Trinajstić information content (AvgIpc) is 2.63. The van der Waals surface area contributed by atoms with Crippen LogP contribution in [-0.4, -0.2) is 28.0 Å². The number of ketones is 1. The Hall–Kier alpha value is -2.44. The molecule has 5 nitrogen and oxygen atoms in total. The van der Waals surface area contributed by atoms with Crippen molar-refractivity contribution in [2.24, 2.45) is 0 Å². The minimum absolute atomic E-state index is 0.138. The van der Waals surface area contributed by atoms with Gasteiger partial charge in [0.25, 0.3) is 0 Å². The van der Waals surface area contributed by atoms with E-state index in [1.54, 1.807) is 30.3 Å². The summed E-state index contributed by atoms with van der Waals surface area (Å²) in [5, 5.41) is 8.91. The van der Waals surface area contributed by atoms with E-state index in [0.29, 0.717) is 30.4 Å². The molecule has 2 aromatic carbocycles. The van der Waals surface area contributed by atoms with Crippen molar-refractivity contribution in [3.8, 4) is 0 Å². The van der Waals surface area contributed by atoms with Crippen LogP contribution in [0.1, 0.15) is 28.8 Å². The Labute approximate surface area is 150 Å². The summed E-state index contributed by atoms with van der Waals surface area (Å²) >= 11 is 0.634. The van der Waals surface area contributed by atoms with E-state index in [1.807, 2.05) is 30.3 Å². The lowest BCUT2D eigenvalue weighted by Gasteiger charge is -2.12. The predicted molar refractivity (Wildman–Crippen MR) is 97.3 cm³/mol. The topological polar surface area (TPSA) is 83.5 Å². The second-order valence-electron chi connectivity index (χ2n) is 5.45. The monoisotopic (exact) mass is 357 g/mol. The summed E-state index contributed by atoms with van der Waals surface area (Å²) in [4.78, 5) is 35.5. The molecule has 0 radical (unpaired) electrons. The molecule has 0 amide bonds. The van der Waals surface area contributed by atoms with Crippen molar-refractivity contribution in [1.29, 1.82) is 0 Å². The normalized spacial score (nSPS) is 11.7. The van der Waals surface area contributed by atoms with Gasteiger partial charge in [-0.1, -0.05) is 60.7 Å². The predicted octanol–water partition coefficient (Wildman–Crippen LogP) is 3.11. The molecule has 2 N–H and O–H groups in total. The Morgan fingerprint density at radius 3 is 2.16 bits per heavy atom. The highest BCUT2D eigenvalue weighted by atomic mass is 32.2. The van der Waals surface area contributed by atoms with E-state index in [-0.39, 0.29) is 11.5 Å². The Morgan fingerprint density at radius 1 is 0.960 bits per heavy atom. The highest BCUT2D eigenvalue weighted by molar-refractivity contribution is 8.12. The van der Waals surface area contributed by atoms with Gasteiger partial charge in [-0.3, -0.25) is 14.4 Å². The van der Waals surface area contributed by atoms with Gasteiger partial charge in [0.2, 0.25) is 5.12 Å². The molecule has 0 heterocycles. The summed E-state index contributed by atoms with van der Waals surface area (Å²) in [5.41, 5.74) is 1.55. The van der Waals surface area contributed by atoms with Gasteiger partial charge in [0.1, 0.15) is 0 Å². The quantitative estimate of drug-likeness (QED) is 0.530. The third kappa shape index (κ3) is 6.17. The van der Waals surface area contributed by atoms with E-state index in [0.717, 1.165) is 5.56 Å². The van der Waals surface area contributed by atoms with Crippen molar-refractivity contribution in [1.82, 2.24) is 4.72 Å². The third-order valence-corrected chi connectivity index (χ3v) is 4.35. The summed E-state index contributed by atoms with van der Waals surface area (Å²) in [6.45, 7) is 0. The molecule has 2 rings (SSSR count). The summed E-state index contributed by atoms with van der Waals surface area (Å²) in [6.07, 6.45) is 1.40. The summed E-state index contributed by atoms with van der Waals surface area (Å²) in [7, 11) is 0. The van der Waals surface area contributed by atoms with E-state index in [2.05, 4.69) is 4.72 Å². The van der Waals surface area contributed by atoms with Gasteiger partial charge < -0.3 is 5.11 Å². The Morgan fingerprint density at radius 2 is 1.56 bits per heavy atom. The minimum Gasteiger partial charge on any atom is -0.480 e. The molecule has 1 unspecified atom stereocenters. The van der Waals surface area contributed by atoms with Crippen LogP contribution < -0.4 is 4.72 Å². The number of aliphatic carboxylic acids is 1. The van der Waals surface area contributed by atoms with E-state index in [9.17, 15) is 19.5 Å². The second kappa shape index (κ2) is 9.76. The number of hydrogen-bond donors (Lipinski definition) is 2. The molecule has 0 saturated heterocycles. The van der Waals surface area contributed by atoms with Crippen LogP contribution in [0.5, 0.6) is 0 Å². The standard InChI is InChI=1S/C19H19NO4S/c21-16(13-7-10-14-8-3-1-4-9-14)17(18(22)23)20-25-19(24)15-11-5-2-6-12-15/h1-6,8-9,11-12,17,20H,7,10,13H2,(H,22,23). The van der Waals surface area contributed by atoms with Gasteiger partial charge in [-0.15, -0.1) is 0 Å². The number of carboxylic acid groups (broad SMARTS) is 1. The molecule has 0 bridgehead atoms. The minimum atomic E-state index is -1.39. The zero-order valence-corrected chi connectivity index (χ0v) is 14.4. The number of benzene rings is 2. The van der Waals surface area contributed by atoms with Crippen LogP contribution in [0.2, 0.25) is 0 Å². The number of carbonyl (C=O) groups excluding carboxylic acids is 2. The fraction of sp³-hybridized carbons (Fsp3) is 0.211. The summed E-state index contributed by atoms with van der Waals surface area (Å²) in [5.74, 6) is -1.71. The first-order valence-electron chi connectivity index (χ1n) is 7.89. The molecule has 130 valence electrons. The van der Waals surface area contributed by atoms with Gasteiger partial charge in [0.05, 0.1) is 0 Å². The maximum absolute atomic E-state index is 12.2. The first-order valence-corrected chi connectivity index (χ1v) is 8.71. The number of Topliss-reactive ketones (excluding diaryl/α,β-unsaturated/α-hetero) is 1. The van der Waals surface area contributed by atoms with Crippen molar-refractivity contribution in [3.05, 3.63) is 71.8 Å². The SMILES string of the molecule is O=C(SNC(C(=O)O)C(=O)CCCc1ccccc1)c1ccccc1. The van der Waals surface area contributed by atoms with E-state index in [4.69, 9.17) is 0 Å². The number of hydrogen-bond acceptors (Lipinski definition) is 5. The van der Waals surface area contributed by atoms with Gasteiger partial charge in [0, 0.05) is 23.9 Å².